The van der Waals surface area contributed by atoms with E-state index in [9.17, 15) is 18.4 Å². The number of carbonyl (C=O) groups is 2. The van der Waals surface area contributed by atoms with E-state index in [1.165, 1.54) is 12.5 Å². The van der Waals surface area contributed by atoms with Crippen LogP contribution in [0, 0.1) is 23.0 Å². The summed E-state index contributed by atoms with van der Waals surface area (Å²) in [7, 11) is 0. The molecule has 4 rings (SSSR count). The van der Waals surface area contributed by atoms with Gasteiger partial charge in [0.1, 0.15) is 11.6 Å². The Kier molecular flexibility index (Phi) is 6.79. The summed E-state index contributed by atoms with van der Waals surface area (Å²) < 4.78 is 26.9. The summed E-state index contributed by atoms with van der Waals surface area (Å²) in [6, 6.07) is 3.01. The van der Waals surface area contributed by atoms with Gasteiger partial charge in [0.25, 0.3) is 5.91 Å². The van der Waals surface area contributed by atoms with Gasteiger partial charge < -0.3 is 15.1 Å². The van der Waals surface area contributed by atoms with Crippen LogP contribution in [-0.2, 0) is 4.79 Å². The number of nitrogens with one attached hydrogen (secondary N) is 1. The predicted molar refractivity (Wildman–Crippen MR) is 108 cm³/mol. The maximum atomic E-state index is 13.9. The first-order valence-electron chi connectivity index (χ1n) is 10.2. The van der Waals surface area contributed by atoms with Crippen molar-refractivity contribution in [2.24, 2.45) is 11.3 Å². The predicted octanol–water partition coefficient (Wildman–Crippen LogP) is 2.84. The van der Waals surface area contributed by atoms with Gasteiger partial charge in [-0.25, -0.2) is 8.78 Å². The molecule has 0 unspecified atom stereocenters. The van der Waals surface area contributed by atoms with Crippen LogP contribution in [0.5, 0.6) is 0 Å². The van der Waals surface area contributed by atoms with Gasteiger partial charge >= 0.3 is 0 Å². The molecule has 1 spiro atoms. The maximum Gasteiger partial charge on any atom is 0.256 e. The molecule has 0 aromatic heterocycles. The molecule has 3 aliphatic heterocycles. The molecule has 1 aromatic rings. The minimum absolute atomic E-state index is 0. The van der Waals surface area contributed by atoms with Crippen molar-refractivity contribution in [2.45, 2.75) is 32.1 Å². The molecule has 0 radical (unpaired) electrons. The SMILES string of the molecule is Cl.O=C(c1ccc(F)cc1F)N1CCC(C(=O)N2CCC3(CCNC3)CC2)CC1. The summed E-state index contributed by atoms with van der Waals surface area (Å²) >= 11 is 0. The molecule has 0 atom stereocenters. The molecule has 29 heavy (non-hydrogen) atoms. The maximum absolute atomic E-state index is 13.9. The highest BCUT2D eigenvalue weighted by Crippen LogP contribution is 2.37. The van der Waals surface area contributed by atoms with Crippen LogP contribution >= 0.6 is 12.4 Å². The highest BCUT2D eigenvalue weighted by Gasteiger charge is 2.39. The highest BCUT2D eigenvalue weighted by molar-refractivity contribution is 5.94. The second-order valence-corrected chi connectivity index (χ2v) is 8.44. The number of hydrogen-bond donors (Lipinski definition) is 1. The zero-order chi connectivity index (χ0) is 19.7. The van der Waals surface area contributed by atoms with Crippen LogP contribution in [0.3, 0.4) is 0 Å². The fourth-order valence-corrected chi connectivity index (χ4v) is 4.84. The van der Waals surface area contributed by atoms with Crippen molar-refractivity contribution in [3.05, 3.63) is 35.4 Å². The number of piperidine rings is 2. The van der Waals surface area contributed by atoms with Crippen LogP contribution in [-0.4, -0.2) is 60.9 Å². The fourth-order valence-electron chi connectivity index (χ4n) is 4.84. The van der Waals surface area contributed by atoms with E-state index < -0.39 is 17.5 Å². The van der Waals surface area contributed by atoms with Gasteiger partial charge in [0.15, 0.2) is 0 Å². The molecular formula is C21H28ClF2N3O2. The number of hydrogen-bond acceptors (Lipinski definition) is 3. The van der Waals surface area contributed by atoms with Crippen LogP contribution < -0.4 is 5.32 Å². The molecule has 1 aromatic carbocycles. The lowest BCUT2D eigenvalue weighted by Gasteiger charge is -2.41. The minimum atomic E-state index is -0.841. The lowest BCUT2D eigenvalue weighted by Crippen LogP contribution is -2.48. The first-order valence-corrected chi connectivity index (χ1v) is 10.2. The molecular weight excluding hydrogens is 400 g/mol. The van der Waals surface area contributed by atoms with Crippen molar-refractivity contribution >= 4 is 24.2 Å². The van der Waals surface area contributed by atoms with E-state index in [0.29, 0.717) is 31.3 Å². The van der Waals surface area contributed by atoms with Gasteiger partial charge in [0, 0.05) is 44.7 Å². The first-order chi connectivity index (χ1) is 13.5. The van der Waals surface area contributed by atoms with E-state index in [1.54, 1.807) is 4.90 Å². The number of likely N-dealkylation sites (tertiary alicyclic amines) is 2. The molecule has 1 N–H and O–H groups in total. The molecule has 0 saturated carbocycles. The molecule has 0 aliphatic carbocycles. The summed E-state index contributed by atoms with van der Waals surface area (Å²) in [5.74, 6) is -1.85. The Balaban J connectivity index is 0.00000240. The normalized spacial score (nSPS) is 21.9. The van der Waals surface area contributed by atoms with Gasteiger partial charge in [0.05, 0.1) is 5.56 Å². The first kappa shape index (κ1) is 22.0. The largest absolute Gasteiger partial charge is 0.342 e. The number of halogens is 3. The lowest BCUT2D eigenvalue weighted by molar-refractivity contribution is -0.139. The molecule has 3 heterocycles. The Morgan fingerprint density at radius 1 is 1.00 bits per heavy atom. The van der Waals surface area contributed by atoms with Gasteiger partial charge in [-0.3, -0.25) is 9.59 Å². The average molecular weight is 428 g/mol. The summed E-state index contributed by atoms with van der Waals surface area (Å²) in [6.07, 6.45) is 4.52. The van der Waals surface area contributed by atoms with Crippen molar-refractivity contribution in [1.82, 2.24) is 15.1 Å². The van der Waals surface area contributed by atoms with Crippen LogP contribution in [0.2, 0.25) is 0 Å². The molecule has 3 saturated heterocycles. The summed E-state index contributed by atoms with van der Waals surface area (Å²) in [5, 5.41) is 3.44. The van der Waals surface area contributed by atoms with Gasteiger partial charge in [-0.2, -0.15) is 0 Å². The van der Waals surface area contributed by atoms with E-state index in [-0.39, 0.29) is 29.8 Å². The van der Waals surface area contributed by atoms with E-state index >= 15 is 0 Å². The summed E-state index contributed by atoms with van der Waals surface area (Å²) in [6.45, 7) is 4.63. The van der Waals surface area contributed by atoms with E-state index in [0.717, 1.165) is 51.2 Å². The smallest absolute Gasteiger partial charge is 0.256 e. The molecule has 5 nitrogen and oxygen atoms in total. The van der Waals surface area contributed by atoms with Crippen molar-refractivity contribution in [3.63, 3.8) is 0 Å². The summed E-state index contributed by atoms with van der Waals surface area (Å²) in [4.78, 5) is 29.0. The van der Waals surface area contributed by atoms with Gasteiger partial charge in [-0.1, -0.05) is 0 Å². The molecule has 160 valence electrons. The number of rotatable bonds is 2. The minimum Gasteiger partial charge on any atom is -0.342 e. The number of benzene rings is 1. The number of amides is 2. The highest BCUT2D eigenvalue weighted by atomic mass is 35.5. The number of nitrogens with zero attached hydrogens (tertiary/aromatic N) is 2. The van der Waals surface area contributed by atoms with Crippen LogP contribution in [0.25, 0.3) is 0 Å². The van der Waals surface area contributed by atoms with E-state index in [2.05, 4.69) is 5.32 Å². The quantitative estimate of drug-likeness (QED) is 0.789. The second-order valence-electron chi connectivity index (χ2n) is 8.44. The van der Waals surface area contributed by atoms with Crippen molar-refractivity contribution in [1.29, 1.82) is 0 Å². The summed E-state index contributed by atoms with van der Waals surface area (Å²) in [5.41, 5.74) is 0.267. The van der Waals surface area contributed by atoms with Crippen LogP contribution in [0.1, 0.15) is 42.5 Å². The monoisotopic (exact) mass is 427 g/mol. The van der Waals surface area contributed by atoms with Crippen LogP contribution in [0.4, 0.5) is 8.78 Å². The fraction of sp³-hybridized carbons (Fsp3) is 0.619. The topological polar surface area (TPSA) is 52.7 Å². The Morgan fingerprint density at radius 3 is 2.28 bits per heavy atom. The Hall–Kier alpha value is -1.73. The van der Waals surface area contributed by atoms with Crippen molar-refractivity contribution < 1.29 is 18.4 Å². The third-order valence-electron chi connectivity index (χ3n) is 6.76. The Bertz CT molecular complexity index is 752. The van der Waals surface area contributed by atoms with Gasteiger partial charge in [0.2, 0.25) is 5.91 Å². The zero-order valence-corrected chi connectivity index (χ0v) is 17.3. The molecule has 0 bridgehead atoms. The lowest BCUT2D eigenvalue weighted by atomic mass is 9.77. The number of carbonyl (C=O) groups excluding carboxylic acids is 2. The third-order valence-corrected chi connectivity index (χ3v) is 6.76. The van der Waals surface area contributed by atoms with E-state index in [4.69, 9.17) is 0 Å². The Labute approximate surface area is 176 Å². The molecule has 3 aliphatic rings. The van der Waals surface area contributed by atoms with E-state index in [1.807, 2.05) is 4.90 Å². The van der Waals surface area contributed by atoms with Crippen LogP contribution in [0.15, 0.2) is 18.2 Å². The van der Waals surface area contributed by atoms with Crippen molar-refractivity contribution in [2.75, 3.05) is 39.3 Å². The van der Waals surface area contributed by atoms with Gasteiger partial charge in [-0.15, -0.1) is 12.4 Å². The standard InChI is InChI=1S/C21H27F2N3O2.ClH/c22-16-1-2-17(18(23)13-16)20(28)25-9-3-15(4-10-25)19(27)26-11-6-21(7-12-26)5-8-24-14-21;/h1-2,13,15,24H,3-12,14H2;1H. The van der Waals surface area contributed by atoms with Crippen molar-refractivity contribution in [3.8, 4) is 0 Å². The molecule has 2 amide bonds. The zero-order valence-electron chi connectivity index (χ0n) is 16.5. The Morgan fingerprint density at radius 2 is 1.69 bits per heavy atom. The third kappa shape index (κ3) is 4.56. The van der Waals surface area contributed by atoms with Gasteiger partial charge in [-0.05, 0) is 56.2 Å². The molecule has 3 fully saturated rings. The average Bonchev–Trinajstić information content (AvgIpc) is 3.16. The second kappa shape index (κ2) is 8.96. The molecule has 8 heteroatoms.